The SMILES string of the molecule is CCc1cccc(NC(=O)c2snnc2C)c1. The average molecular weight is 247 g/mol. The van der Waals surface area contributed by atoms with Gasteiger partial charge in [-0.2, -0.15) is 0 Å². The lowest BCUT2D eigenvalue weighted by molar-refractivity contribution is 0.103. The van der Waals surface area contributed by atoms with E-state index in [4.69, 9.17) is 0 Å². The number of anilines is 1. The van der Waals surface area contributed by atoms with E-state index in [1.54, 1.807) is 6.92 Å². The van der Waals surface area contributed by atoms with E-state index < -0.39 is 0 Å². The third kappa shape index (κ3) is 2.68. The number of carbonyl (C=O) groups excluding carboxylic acids is 1. The first kappa shape index (κ1) is 11.7. The lowest BCUT2D eigenvalue weighted by Gasteiger charge is -2.05. The van der Waals surface area contributed by atoms with Gasteiger partial charge in [0.05, 0.1) is 5.69 Å². The molecule has 17 heavy (non-hydrogen) atoms. The highest BCUT2D eigenvalue weighted by molar-refractivity contribution is 7.08. The van der Waals surface area contributed by atoms with Gasteiger partial charge in [0.15, 0.2) is 0 Å². The summed E-state index contributed by atoms with van der Waals surface area (Å²) in [4.78, 5) is 12.5. The van der Waals surface area contributed by atoms with E-state index >= 15 is 0 Å². The van der Waals surface area contributed by atoms with Crippen LogP contribution >= 0.6 is 11.5 Å². The van der Waals surface area contributed by atoms with Gasteiger partial charge in [0, 0.05) is 5.69 Å². The summed E-state index contributed by atoms with van der Waals surface area (Å²) in [5, 5.41) is 6.67. The Kier molecular flexibility index (Phi) is 3.49. The standard InChI is InChI=1S/C12H13N3OS/c1-3-9-5-4-6-10(7-9)13-12(16)11-8(2)14-15-17-11/h4-7H,3H2,1-2H3,(H,13,16). The summed E-state index contributed by atoms with van der Waals surface area (Å²) in [7, 11) is 0. The molecule has 4 nitrogen and oxygen atoms in total. The zero-order valence-corrected chi connectivity index (χ0v) is 10.5. The van der Waals surface area contributed by atoms with Crippen molar-refractivity contribution >= 4 is 23.1 Å². The van der Waals surface area contributed by atoms with Crippen LogP contribution in [0.4, 0.5) is 5.69 Å². The second-order valence-electron chi connectivity index (χ2n) is 3.70. The van der Waals surface area contributed by atoms with Gasteiger partial charge in [0.2, 0.25) is 0 Å². The van der Waals surface area contributed by atoms with Crippen LogP contribution in [0.1, 0.15) is 27.9 Å². The zero-order valence-electron chi connectivity index (χ0n) is 9.73. The molecule has 0 spiro atoms. The molecule has 0 saturated carbocycles. The molecule has 0 aliphatic heterocycles. The summed E-state index contributed by atoms with van der Waals surface area (Å²) < 4.78 is 3.75. The highest BCUT2D eigenvalue weighted by Gasteiger charge is 2.13. The first-order chi connectivity index (χ1) is 8.20. The van der Waals surface area contributed by atoms with Crippen LogP contribution in [0.15, 0.2) is 24.3 Å². The highest BCUT2D eigenvalue weighted by Crippen LogP contribution is 2.15. The maximum Gasteiger partial charge on any atom is 0.269 e. The fourth-order valence-corrected chi connectivity index (χ4v) is 2.05. The van der Waals surface area contributed by atoms with Crippen molar-refractivity contribution in [2.24, 2.45) is 0 Å². The largest absolute Gasteiger partial charge is 0.321 e. The number of nitrogens with zero attached hydrogens (tertiary/aromatic N) is 2. The van der Waals surface area contributed by atoms with Gasteiger partial charge in [0.25, 0.3) is 5.91 Å². The van der Waals surface area contributed by atoms with E-state index in [1.807, 2.05) is 24.3 Å². The first-order valence-corrected chi connectivity index (χ1v) is 6.17. The van der Waals surface area contributed by atoms with Gasteiger partial charge in [-0.25, -0.2) is 0 Å². The Labute approximate surface area is 104 Å². The van der Waals surface area contributed by atoms with E-state index in [0.29, 0.717) is 10.6 Å². The van der Waals surface area contributed by atoms with Crippen LogP contribution in [0, 0.1) is 6.92 Å². The third-order valence-electron chi connectivity index (χ3n) is 2.45. The Morgan fingerprint density at radius 2 is 2.29 bits per heavy atom. The molecule has 0 saturated heterocycles. The van der Waals surface area contributed by atoms with Gasteiger partial charge >= 0.3 is 0 Å². The molecule has 1 aromatic heterocycles. The quantitative estimate of drug-likeness (QED) is 0.907. The Morgan fingerprint density at radius 1 is 1.47 bits per heavy atom. The van der Waals surface area contributed by atoms with Crippen LogP contribution in [-0.4, -0.2) is 15.5 Å². The number of aryl methyl sites for hydroxylation is 2. The van der Waals surface area contributed by atoms with E-state index in [0.717, 1.165) is 23.6 Å². The van der Waals surface area contributed by atoms with Gasteiger partial charge in [-0.3, -0.25) is 4.79 Å². The normalized spacial score (nSPS) is 10.2. The number of carbonyl (C=O) groups is 1. The van der Waals surface area contributed by atoms with Gasteiger partial charge in [-0.05, 0) is 42.6 Å². The topological polar surface area (TPSA) is 54.9 Å². The van der Waals surface area contributed by atoms with Gasteiger partial charge < -0.3 is 5.32 Å². The smallest absolute Gasteiger partial charge is 0.269 e. The molecule has 1 amide bonds. The van der Waals surface area contributed by atoms with Crippen LogP contribution in [0.5, 0.6) is 0 Å². The maximum absolute atomic E-state index is 11.9. The molecule has 1 heterocycles. The summed E-state index contributed by atoms with van der Waals surface area (Å²) in [6.45, 7) is 3.86. The van der Waals surface area contributed by atoms with Crippen LogP contribution in [0.3, 0.4) is 0 Å². The summed E-state index contributed by atoms with van der Waals surface area (Å²) in [5.41, 5.74) is 2.67. The Bertz CT molecular complexity index is 536. The molecule has 0 bridgehead atoms. The predicted octanol–water partition coefficient (Wildman–Crippen LogP) is 2.66. The summed E-state index contributed by atoms with van der Waals surface area (Å²) in [5.74, 6) is -0.147. The number of hydrogen-bond donors (Lipinski definition) is 1. The van der Waals surface area contributed by atoms with Crippen molar-refractivity contribution in [2.45, 2.75) is 20.3 Å². The molecule has 1 aromatic carbocycles. The Morgan fingerprint density at radius 3 is 2.94 bits per heavy atom. The van der Waals surface area contributed by atoms with Crippen molar-refractivity contribution in [1.29, 1.82) is 0 Å². The van der Waals surface area contributed by atoms with Gasteiger partial charge in [0.1, 0.15) is 4.88 Å². The Balaban J connectivity index is 2.16. The number of nitrogens with one attached hydrogen (secondary N) is 1. The molecule has 88 valence electrons. The molecule has 0 fully saturated rings. The van der Waals surface area contributed by atoms with Crippen LogP contribution < -0.4 is 5.32 Å². The number of hydrogen-bond acceptors (Lipinski definition) is 4. The second kappa shape index (κ2) is 5.05. The van der Waals surface area contributed by atoms with Crippen molar-refractivity contribution < 1.29 is 4.79 Å². The minimum atomic E-state index is -0.147. The molecule has 2 rings (SSSR count). The number of rotatable bonds is 3. The third-order valence-corrected chi connectivity index (χ3v) is 3.28. The Hall–Kier alpha value is -1.75. The predicted molar refractivity (Wildman–Crippen MR) is 68.4 cm³/mol. The zero-order chi connectivity index (χ0) is 12.3. The fourth-order valence-electron chi connectivity index (χ4n) is 1.50. The molecule has 0 aliphatic carbocycles. The van der Waals surface area contributed by atoms with Crippen molar-refractivity contribution in [1.82, 2.24) is 9.59 Å². The summed E-state index contributed by atoms with van der Waals surface area (Å²) in [6.07, 6.45) is 0.949. The number of aromatic nitrogens is 2. The van der Waals surface area contributed by atoms with Crippen LogP contribution in [0.25, 0.3) is 0 Å². The minimum absolute atomic E-state index is 0.147. The number of amides is 1. The fraction of sp³-hybridized carbons (Fsp3) is 0.250. The lowest BCUT2D eigenvalue weighted by atomic mass is 10.1. The molecule has 5 heteroatoms. The molecule has 0 radical (unpaired) electrons. The minimum Gasteiger partial charge on any atom is -0.321 e. The molecular formula is C12H13N3OS. The number of benzene rings is 1. The summed E-state index contributed by atoms with van der Waals surface area (Å²) in [6, 6.07) is 7.82. The molecule has 0 unspecified atom stereocenters. The first-order valence-electron chi connectivity index (χ1n) is 5.40. The van der Waals surface area contributed by atoms with Crippen LogP contribution in [-0.2, 0) is 6.42 Å². The van der Waals surface area contributed by atoms with Crippen molar-refractivity contribution in [3.05, 3.63) is 40.4 Å². The van der Waals surface area contributed by atoms with E-state index in [9.17, 15) is 4.79 Å². The molecule has 0 aliphatic rings. The van der Waals surface area contributed by atoms with E-state index in [1.165, 1.54) is 5.56 Å². The monoisotopic (exact) mass is 247 g/mol. The van der Waals surface area contributed by atoms with E-state index in [2.05, 4.69) is 21.8 Å². The average Bonchev–Trinajstić information content (AvgIpc) is 2.76. The molecule has 2 aromatic rings. The molecule has 1 N–H and O–H groups in total. The highest BCUT2D eigenvalue weighted by atomic mass is 32.1. The lowest BCUT2D eigenvalue weighted by Crippen LogP contribution is -2.11. The molecular weight excluding hydrogens is 234 g/mol. The molecule has 0 atom stereocenters. The van der Waals surface area contributed by atoms with Gasteiger partial charge in [-0.15, -0.1) is 5.10 Å². The van der Waals surface area contributed by atoms with Gasteiger partial charge in [-0.1, -0.05) is 23.5 Å². The van der Waals surface area contributed by atoms with Crippen LogP contribution in [0.2, 0.25) is 0 Å². The second-order valence-corrected chi connectivity index (χ2v) is 4.45. The van der Waals surface area contributed by atoms with Crippen molar-refractivity contribution in [3.8, 4) is 0 Å². The maximum atomic E-state index is 11.9. The van der Waals surface area contributed by atoms with Crippen molar-refractivity contribution in [3.63, 3.8) is 0 Å². The van der Waals surface area contributed by atoms with Crippen molar-refractivity contribution in [2.75, 3.05) is 5.32 Å². The van der Waals surface area contributed by atoms with E-state index in [-0.39, 0.29) is 5.91 Å². The summed E-state index contributed by atoms with van der Waals surface area (Å²) >= 11 is 1.11.